The van der Waals surface area contributed by atoms with Gasteiger partial charge < -0.3 is 5.11 Å². The molecule has 0 spiro atoms. The van der Waals surface area contributed by atoms with E-state index in [2.05, 4.69) is 0 Å². The maximum atomic E-state index is 12.9. The highest BCUT2D eigenvalue weighted by Gasteiger charge is 2.57. The Labute approximate surface area is 143 Å². The summed E-state index contributed by atoms with van der Waals surface area (Å²) in [5.41, 5.74) is 0.339. The molecule has 0 heterocycles. The van der Waals surface area contributed by atoms with Crippen LogP contribution in [-0.2, 0) is 14.4 Å². The van der Waals surface area contributed by atoms with Gasteiger partial charge in [0.1, 0.15) is 11.5 Å². The topological polar surface area (TPSA) is 71.4 Å². The van der Waals surface area contributed by atoms with Gasteiger partial charge in [0.15, 0.2) is 0 Å². The van der Waals surface area contributed by atoms with Crippen molar-refractivity contribution in [1.82, 2.24) is 0 Å². The van der Waals surface area contributed by atoms with Gasteiger partial charge in [0.2, 0.25) is 11.6 Å². The largest absolute Gasteiger partial charge is 0.507 e. The monoisotopic (exact) mass is 330 g/mol. The first-order chi connectivity index (χ1) is 11.0. The number of carbonyl (C=O) groups is 3. The summed E-state index contributed by atoms with van der Waals surface area (Å²) in [6.45, 7) is 9.54. The molecule has 1 fully saturated rings. The number of allylic oxidation sites excluding steroid dienone is 3. The third-order valence-electron chi connectivity index (χ3n) is 6.58. The predicted molar refractivity (Wildman–Crippen MR) is 90.4 cm³/mol. The van der Waals surface area contributed by atoms with Crippen LogP contribution in [0.2, 0.25) is 0 Å². The van der Waals surface area contributed by atoms with Crippen molar-refractivity contribution in [3.63, 3.8) is 0 Å². The zero-order chi connectivity index (χ0) is 18.0. The van der Waals surface area contributed by atoms with Crippen LogP contribution in [0.15, 0.2) is 22.5 Å². The molecule has 0 amide bonds. The quantitative estimate of drug-likeness (QED) is 0.588. The first kappa shape index (κ1) is 17.1. The molecule has 130 valence electrons. The standard InChI is InChI=1S/C20H26O4/c1-10(2)14-16(22)11-6-7-12-19(3,4)13(21)8-9-20(12,5)15(11)18(24)17(14)23/h10,12,22H,6-9H2,1-5H3. The molecule has 3 rings (SSSR count). The molecule has 3 aliphatic carbocycles. The lowest BCUT2D eigenvalue weighted by Crippen LogP contribution is -2.53. The summed E-state index contributed by atoms with van der Waals surface area (Å²) in [4.78, 5) is 37.9. The molecule has 2 unspecified atom stereocenters. The van der Waals surface area contributed by atoms with Crippen LogP contribution in [0.1, 0.15) is 60.3 Å². The Morgan fingerprint density at radius 1 is 1.04 bits per heavy atom. The fraction of sp³-hybridized carbons (Fsp3) is 0.650. The third-order valence-corrected chi connectivity index (χ3v) is 6.58. The van der Waals surface area contributed by atoms with E-state index in [1.807, 2.05) is 34.6 Å². The van der Waals surface area contributed by atoms with Gasteiger partial charge in [0, 0.05) is 34.0 Å². The highest BCUT2D eigenvalue weighted by Crippen LogP contribution is 2.60. The number of hydrogen-bond donors (Lipinski definition) is 1. The minimum absolute atomic E-state index is 0.0129. The van der Waals surface area contributed by atoms with Crippen LogP contribution in [0.4, 0.5) is 0 Å². The molecule has 3 aliphatic rings. The zero-order valence-corrected chi connectivity index (χ0v) is 15.2. The second-order valence-corrected chi connectivity index (χ2v) is 8.58. The summed E-state index contributed by atoms with van der Waals surface area (Å²) in [7, 11) is 0. The minimum Gasteiger partial charge on any atom is -0.507 e. The number of carbonyl (C=O) groups excluding carboxylic acids is 3. The van der Waals surface area contributed by atoms with E-state index < -0.39 is 22.4 Å². The molecule has 0 aromatic carbocycles. The Morgan fingerprint density at radius 3 is 2.25 bits per heavy atom. The van der Waals surface area contributed by atoms with Crippen molar-refractivity contribution < 1.29 is 19.5 Å². The van der Waals surface area contributed by atoms with Crippen molar-refractivity contribution >= 4 is 17.3 Å². The molecular weight excluding hydrogens is 304 g/mol. The Hall–Kier alpha value is -1.71. The van der Waals surface area contributed by atoms with E-state index in [1.54, 1.807) is 0 Å². The third kappa shape index (κ3) is 2.01. The molecule has 0 saturated heterocycles. The summed E-state index contributed by atoms with van der Waals surface area (Å²) in [6.07, 6.45) is 2.29. The molecule has 0 aliphatic heterocycles. The van der Waals surface area contributed by atoms with Crippen molar-refractivity contribution in [1.29, 1.82) is 0 Å². The van der Waals surface area contributed by atoms with Crippen LogP contribution in [-0.4, -0.2) is 22.5 Å². The Kier molecular flexibility index (Phi) is 3.67. The van der Waals surface area contributed by atoms with E-state index in [4.69, 9.17) is 0 Å². The maximum absolute atomic E-state index is 12.9. The van der Waals surface area contributed by atoms with Gasteiger partial charge in [-0.1, -0.05) is 34.6 Å². The van der Waals surface area contributed by atoms with Crippen LogP contribution in [0.5, 0.6) is 0 Å². The number of fused-ring (bicyclic) bond motifs is 2. The van der Waals surface area contributed by atoms with E-state index >= 15 is 0 Å². The lowest BCUT2D eigenvalue weighted by atomic mass is 9.48. The van der Waals surface area contributed by atoms with Gasteiger partial charge in [0.05, 0.1) is 0 Å². The Balaban J connectivity index is 2.22. The van der Waals surface area contributed by atoms with Crippen LogP contribution < -0.4 is 0 Å². The highest BCUT2D eigenvalue weighted by atomic mass is 16.3. The SMILES string of the molecule is CC(C)C1=C(O)C2=C(C(=O)C1=O)C1(C)CCC(=O)C(C)(C)C1CC2. The zero-order valence-electron chi connectivity index (χ0n) is 15.2. The van der Waals surface area contributed by atoms with Gasteiger partial charge >= 0.3 is 0 Å². The van der Waals surface area contributed by atoms with Crippen LogP contribution in [0.3, 0.4) is 0 Å². The van der Waals surface area contributed by atoms with Gasteiger partial charge in [-0.2, -0.15) is 0 Å². The number of ketones is 3. The molecule has 0 aromatic rings. The van der Waals surface area contributed by atoms with Crippen LogP contribution in [0.25, 0.3) is 0 Å². The number of aliphatic hydroxyl groups excluding tert-OH is 1. The minimum atomic E-state index is -0.571. The van der Waals surface area contributed by atoms with Crippen LogP contribution in [0, 0.1) is 22.7 Å². The lowest BCUT2D eigenvalue weighted by Gasteiger charge is -2.54. The summed E-state index contributed by atoms with van der Waals surface area (Å²) < 4.78 is 0. The van der Waals surface area contributed by atoms with Crippen molar-refractivity contribution in [2.24, 2.45) is 22.7 Å². The van der Waals surface area contributed by atoms with Gasteiger partial charge in [0.25, 0.3) is 0 Å². The van der Waals surface area contributed by atoms with Crippen molar-refractivity contribution in [2.75, 3.05) is 0 Å². The normalized spacial score (nSPS) is 33.1. The number of rotatable bonds is 1. The second kappa shape index (κ2) is 5.14. The van der Waals surface area contributed by atoms with Crippen molar-refractivity contribution in [3.05, 3.63) is 22.5 Å². The molecule has 2 atom stereocenters. The summed E-state index contributed by atoms with van der Waals surface area (Å²) in [6, 6.07) is 0. The summed E-state index contributed by atoms with van der Waals surface area (Å²) in [5.74, 6) is -0.965. The molecule has 4 nitrogen and oxygen atoms in total. The first-order valence-corrected chi connectivity index (χ1v) is 8.83. The fourth-order valence-corrected chi connectivity index (χ4v) is 5.27. The predicted octanol–water partition coefficient (Wildman–Crippen LogP) is 3.71. The molecule has 1 saturated carbocycles. The number of hydrogen-bond acceptors (Lipinski definition) is 4. The maximum Gasteiger partial charge on any atom is 0.233 e. The average Bonchev–Trinajstić information content (AvgIpc) is 2.48. The fourth-order valence-electron chi connectivity index (χ4n) is 5.27. The molecular formula is C20H26O4. The number of Topliss-reactive ketones (excluding diaryl/α,β-unsaturated/α-hetero) is 3. The first-order valence-electron chi connectivity index (χ1n) is 8.83. The summed E-state index contributed by atoms with van der Waals surface area (Å²) >= 11 is 0. The summed E-state index contributed by atoms with van der Waals surface area (Å²) in [5, 5.41) is 10.7. The average molecular weight is 330 g/mol. The molecule has 0 radical (unpaired) electrons. The lowest BCUT2D eigenvalue weighted by molar-refractivity contribution is -0.141. The van der Waals surface area contributed by atoms with Crippen molar-refractivity contribution in [2.45, 2.75) is 60.3 Å². The van der Waals surface area contributed by atoms with Crippen LogP contribution >= 0.6 is 0 Å². The van der Waals surface area contributed by atoms with E-state index in [9.17, 15) is 19.5 Å². The molecule has 4 heteroatoms. The van der Waals surface area contributed by atoms with E-state index in [1.165, 1.54) is 0 Å². The van der Waals surface area contributed by atoms with E-state index in [-0.39, 0.29) is 29.0 Å². The molecule has 1 N–H and O–H groups in total. The second-order valence-electron chi connectivity index (χ2n) is 8.58. The van der Waals surface area contributed by atoms with E-state index in [0.29, 0.717) is 30.4 Å². The highest BCUT2D eigenvalue weighted by molar-refractivity contribution is 6.50. The van der Waals surface area contributed by atoms with E-state index in [0.717, 1.165) is 6.42 Å². The van der Waals surface area contributed by atoms with Gasteiger partial charge in [-0.05, 0) is 31.1 Å². The number of aliphatic hydroxyl groups is 1. The molecule has 0 bridgehead atoms. The molecule has 24 heavy (non-hydrogen) atoms. The van der Waals surface area contributed by atoms with Crippen molar-refractivity contribution in [3.8, 4) is 0 Å². The van der Waals surface area contributed by atoms with Gasteiger partial charge in [-0.15, -0.1) is 0 Å². The van der Waals surface area contributed by atoms with Gasteiger partial charge in [-0.25, -0.2) is 0 Å². The Morgan fingerprint density at radius 2 is 1.67 bits per heavy atom. The van der Waals surface area contributed by atoms with Gasteiger partial charge in [-0.3, -0.25) is 14.4 Å². The molecule has 0 aromatic heterocycles. The smallest absolute Gasteiger partial charge is 0.233 e. The Bertz CT molecular complexity index is 720.